The summed E-state index contributed by atoms with van der Waals surface area (Å²) < 4.78 is 11.1. The van der Waals surface area contributed by atoms with Crippen LogP contribution in [0.25, 0.3) is 11.1 Å². The molecule has 1 aromatic heterocycles. The third-order valence-electron chi connectivity index (χ3n) is 3.18. The van der Waals surface area contributed by atoms with Crippen molar-refractivity contribution in [2.24, 2.45) is 0 Å². The van der Waals surface area contributed by atoms with Crippen molar-refractivity contribution < 1.29 is 9.15 Å². The topological polar surface area (TPSA) is 73.3 Å². The fourth-order valence-corrected chi connectivity index (χ4v) is 2.23. The number of anilines is 2. The summed E-state index contributed by atoms with van der Waals surface area (Å²) in [6.45, 7) is 1.71. The van der Waals surface area contributed by atoms with Gasteiger partial charge >= 0.3 is 0 Å². The predicted octanol–water partition coefficient (Wildman–Crippen LogP) is 2.39. The van der Waals surface area contributed by atoms with Crippen LogP contribution in [0.3, 0.4) is 0 Å². The number of nitrogens with zero attached hydrogens (tertiary/aromatic N) is 1. The smallest absolute Gasteiger partial charge is 0.295 e. The molecule has 5 nitrogen and oxygen atoms in total. The lowest BCUT2D eigenvalue weighted by Gasteiger charge is -2.08. The Balaban J connectivity index is 1.60. The third-order valence-corrected chi connectivity index (χ3v) is 3.18. The quantitative estimate of drug-likeness (QED) is 0.811. The van der Waals surface area contributed by atoms with E-state index in [1.165, 1.54) is 6.42 Å². The first-order chi connectivity index (χ1) is 8.81. The molecule has 3 rings (SSSR count). The van der Waals surface area contributed by atoms with E-state index in [9.17, 15) is 0 Å². The maximum atomic E-state index is 5.70. The van der Waals surface area contributed by atoms with Gasteiger partial charge < -0.3 is 20.2 Å². The van der Waals surface area contributed by atoms with E-state index < -0.39 is 0 Å². The Bertz CT molecular complexity index is 532. The van der Waals surface area contributed by atoms with Crippen LogP contribution < -0.4 is 11.1 Å². The fraction of sp³-hybridized carbons (Fsp3) is 0.462. The van der Waals surface area contributed by atoms with Gasteiger partial charge in [-0.1, -0.05) is 0 Å². The zero-order valence-corrected chi connectivity index (χ0v) is 10.2. The SMILES string of the molecule is Nc1ccc2oc(NCCC3CCCO3)nc2c1. The minimum absolute atomic E-state index is 0.387. The van der Waals surface area contributed by atoms with Crippen molar-refractivity contribution in [1.29, 1.82) is 0 Å². The number of hydrogen-bond acceptors (Lipinski definition) is 5. The van der Waals surface area contributed by atoms with Gasteiger partial charge in [-0.3, -0.25) is 0 Å². The summed E-state index contributed by atoms with van der Waals surface area (Å²) in [5.41, 5.74) is 7.93. The fourth-order valence-electron chi connectivity index (χ4n) is 2.23. The standard InChI is InChI=1S/C13H17N3O2/c14-9-3-4-12-11(8-9)16-13(18-12)15-6-5-10-2-1-7-17-10/h3-4,8,10H,1-2,5-7,14H2,(H,15,16). The highest BCUT2D eigenvalue weighted by Crippen LogP contribution is 2.21. The summed E-state index contributed by atoms with van der Waals surface area (Å²) in [7, 11) is 0. The molecular formula is C13H17N3O2. The van der Waals surface area contributed by atoms with Crippen molar-refractivity contribution in [3.8, 4) is 0 Å². The number of benzene rings is 1. The van der Waals surface area contributed by atoms with Crippen LogP contribution in [0.1, 0.15) is 19.3 Å². The Morgan fingerprint density at radius 2 is 2.39 bits per heavy atom. The normalized spacial score (nSPS) is 19.4. The summed E-state index contributed by atoms with van der Waals surface area (Å²) in [4.78, 5) is 4.34. The number of ether oxygens (including phenoxy) is 1. The van der Waals surface area contributed by atoms with Crippen molar-refractivity contribution in [3.05, 3.63) is 18.2 Å². The average molecular weight is 247 g/mol. The number of nitrogens with two attached hydrogens (primary N) is 1. The molecule has 0 bridgehead atoms. The molecule has 2 heterocycles. The Hall–Kier alpha value is -1.75. The number of fused-ring (bicyclic) bond motifs is 1. The van der Waals surface area contributed by atoms with E-state index in [2.05, 4.69) is 10.3 Å². The molecule has 1 fully saturated rings. The van der Waals surface area contributed by atoms with Crippen molar-refractivity contribution >= 4 is 22.8 Å². The monoisotopic (exact) mass is 247 g/mol. The molecule has 0 aliphatic carbocycles. The molecule has 2 aromatic rings. The van der Waals surface area contributed by atoms with Crippen molar-refractivity contribution in [2.75, 3.05) is 24.2 Å². The summed E-state index contributed by atoms with van der Waals surface area (Å²) in [5, 5.41) is 3.18. The number of hydrogen-bond donors (Lipinski definition) is 2. The van der Waals surface area contributed by atoms with Crippen LogP contribution in [0.5, 0.6) is 0 Å². The first-order valence-electron chi connectivity index (χ1n) is 6.33. The van der Waals surface area contributed by atoms with Gasteiger partial charge in [-0.2, -0.15) is 4.98 Å². The second-order valence-corrected chi connectivity index (χ2v) is 4.60. The molecule has 1 aliphatic heterocycles. The lowest BCUT2D eigenvalue weighted by Crippen LogP contribution is -2.12. The predicted molar refractivity (Wildman–Crippen MR) is 70.5 cm³/mol. The molecule has 5 heteroatoms. The van der Waals surface area contributed by atoms with Gasteiger partial charge in [-0.25, -0.2) is 0 Å². The highest BCUT2D eigenvalue weighted by atomic mass is 16.5. The van der Waals surface area contributed by atoms with Gasteiger partial charge in [0.05, 0.1) is 6.10 Å². The molecule has 3 N–H and O–H groups in total. The van der Waals surface area contributed by atoms with E-state index in [1.54, 1.807) is 0 Å². The largest absolute Gasteiger partial charge is 0.424 e. The van der Waals surface area contributed by atoms with Crippen LogP contribution in [-0.2, 0) is 4.74 Å². The number of nitrogen functional groups attached to an aromatic ring is 1. The van der Waals surface area contributed by atoms with Crippen LogP contribution in [-0.4, -0.2) is 24.2 Å². The van der Waals surface area contributed by atoms with Gasteiger partial charge in [0, 0.05) is 18.8 Å². The van der Waals surface area contributed by atoms with Crippen molar-refractivity contribution in [1.82, 2.24) is 4.98 Å². The first kappa shape index (κ1) is 11.3. The molecule has 0 saturated carbocycles. The summed E-state index contributed by atoms with van der Waals surface area (Å²) in [5.74, 6) is 0. The highest BCUT2D eigenvalue weighted by Gasteiger charge is 2.15. The maximum Gasteiger partial charge on any atom is 0.295 e. The second-order valence-electron chi connectivity index (χ2n) is 4.60. The molecule has 0 amide bonds. The molecule has 1 atom stereocenters. The van der Waals surface area contributed by atoms with Gasteiger partial charge in [-0.05, 0) is 37.5 Å². The molecule has 0 spiro atoms. The lowest BCUT2D eigenvalue weighted by molar-refractivity contribution is 0.107. The van der Waals surface area contributed by atoms with E-state index in [4.69, 9.17) is 14.9 Å². The van der Waals surface area contributed by atoms with Crippen LogP contribution in [0, 0.1) is 0 Å². The van der Waals surface area contributed by atoms with Crippen LogP contribution in [0.2, 0.25) is 0 Å². The number of aromatic nitrogens is 1. The minimum atomic E-state index is 0.387. The average Bonchev–Trinajstić information content (AvgIpc) is 2.97. The first-order valence-corrected chi connectivity index (χ1v) is 6.33. The molecule has 1 unspecified atom stereocenters. The lowest BCUT2D eigenvalue weighted by atomic mass is 10.2. The number of oxazole rings is 1. The third kappa shape index (κ3) is 2.41. The van der Waals surface area contributed by atoms with E-state index in [0.29, 0.717) is 17.8 Å². The molecule has 1 aromatic carbocycles. The van der Waals surface area contributed by atoms with Gasteiger partial charge in [0.15, 0.2) is 5.58 Å². The second kappa shape index (κ2) is 4.86. The molecule has 0 radical (unpaired) electrons. The van der Waals surface area contributed by atoms with E-state index in [1.807, 2.05) is 18.2 Å². The minimum Gasteiger partial charge on any atom is -0.424 e. The van der Waals surface area contributed by atoms with E-state index in [0.717, 1.165) is 37.1 Å². The summed E-state index contributed by atoms with van der Waals surface area (Å²) in [6.07, 6.45) is 3.71. The molecular weight excluding hydrogens is 230 g/mol. The summed E-state index contributed by atoms with van der Waals surface area (Å²) >= 11 is 0. The van der Waals surface area contributed by atoms with Crippen molar-refractivity contribution in [3.63, 3.8) is 0 Å². The Labute approximate surface area is 105 Å². The molecule has 1 saturated heterocycles. The van der Waals surface area contributed by atoms with Gasteiger partial charge in [-0.15, -0.1) is 0 Å². The van der Waals surface area contributed by atoms with Gasteiger partial charge in [0.1, 0.15) is 5.52 Å². The van der Waals surface area contributed by atoms with Crippen LogP contribution in [0.15, 0.2) is 22.6 Å². The molecule has 96 valence electrons. The van der Waals surface area contributed by atoms with Crippen LogP contribution >= 0.6 is 0 Å². The summed E-state index contributed by atoms with van der Waals surface area (Å²) in [6, 6.07) is 6.00. The Morgan fingerprint density at radius 3 is 3.22 bits per heavy atom. The van der Waals surface area contributed by atoms with E-state index >= 15 is 0 Å². The molecule has 18 heavy (non-hydrogen) atoms. The highest BCUT2D eigenvalue weighted by molar-refractivity contribution is 5.78. The Kier molecular flexibility index (Phi) is 3.06. The van der Waals surface area contributed by atoms with Crippen molar-refractivity contribution in [2.45, 2.75) is 25.4 Å². The van der Waals surface area contributed by atoms with E-state index in [-0.39, 0.29) is 0 Å². The zero-order valence-electron chi connectivity index (χ0n) is 10.2. The zero-order chi connectivity index (χ0) is 12.4. The van der Waals surface area contributed by atoms with Crippen LogP contribution in [0.4, 0.5) is 11.7 Å². The van der Waals surface area contributed by atoms with Gasteiger partial charge in [0.25, 0.3) is 6.01 Å². The number of rotatable bonds is 4. The molecule has 1 aliphatic rings. The van der Waals surface area contributed by atoms with Gasteiger partial charge in [0.2, 0.25) is 0 Å². The maximum absolute atomic E-state index is 5.70. The Morgan fingerprint density at radius 1 is 1.44 bits per heavy atom. The number of nitrogens with one attached hydrogen (secondary N) is 1.